The monoisotopic (exact) mass is 453 g/mol. The van der Waals surface area contributed by atoms with Crippen molar-refractivity contribution in [1.82, 2.24) is 4.72 Å². The molecule has 1 aromatic carbocycles. The van der Waals surface area contributed by atoms with Crippen LogP contribution >= 0.6 is 0 Å². The van der Waals surface area contributed by atoms with Crippen LogP contribution < -0.4 is 4.72 Å². The highest BCUT2D eigenvalue weighted by Gasteiger charge is 2.22. The molecule has 0 heterocycles. The Morgan fingerprint density at radius 1 is 1.08 bits per heavy atom. The van der Waals surface area contributed by atoms with Gasteiger partial charge < -0.3 is 0 Å². The molecule has 0 saturated carbocycles. The van der Waals surface area contributed by atoms with Crippen LogP contribution in [0.15, 0.2) is 28.0 Å². The summed E-state index contributed by atoms with van der Waals surface area (Å²) in [5, 5.41) is 0. The first-order valence-electron chi connectivity index (χ1n) is 6.52. The van der Waals surface area contributed by atoms with Crippen LogP contribution in [0.3, 0.4) is 0 Å². The third kappa shape index (κ3) is 7.72. The lowest BCUT2D eigenvalue weighted by Crippen LogP contribution is -2.20. The maximum atomic E-state index is 12.1. The molecule has 1 aromatic rings. The van der Waals surface area contributed by atoms with Gasteiger partial charge in [0.1, 0.15) is 0 Å². The number of benzene rings is 1. The van der Waals surface area contributed by atoms with Crippen LogP contribution in [-0.4, -0.2) is 62.0 Å². The zero-order valence-corrected chi connectivity index (χ0v) is 16.1. The molecule has 1 atom stereocenters. The highest BCUT2D eigenvalue weighted by molar-refractivity contribution is 7.91. The first-order valence-corrected chi connectivity index (χ1v) is 12.1. The average Bonchev–Trinajstić information content (AvgIpc) is 2.44. The smallest absolute Gasteiger partial charge is 0.294 e. The Kier molecular flexibility index (Phi) is 7.81. The van der Waals surface area contributed by atoms with Gasteiger partial charge in [-0.05, 0) is 24.1 Å². The molecule has 150 valence electrons. The van der Waals surface area contributed by atoms with Crippen molar-refractivity contribution >= 4 is 41.6 Å². The first-order chi connectivity index (χ1) is 11.7. The van der Waals surface area contributed by atoms with E-state index in [4.69, 9.17) is 9.11 Å². The van der Waals surface area contributed by atoms with Gasteiger partial charge in [0.25, 0.3) is 10.1 Å². The van der Waals surface area contributed by atoms with Crippen LogP contribution in [0, 0.1) is 0 Å². The fraction of sp³-hybridized carbons (Fsp3) is 0.400. The van der Waals surface area contributed by atoms with Gasteiger partial charge in [-0.1, -0.05) is 6.07 Å². The molecule has 0 aromatic heterocycles. The summed E-state index contributed by atoms with van der Waals surface area (Å²) in [6.07, 6.45) is -0.117. The van der Waals surface area contributed by atoms with Crippen molar-refractivity contribution < 1.29 is 47.3 Å². The fourth-order valence-electron chi connectivity index (χ4n) is 1.81. The summed E-state index contributed by atoms with van der Waals surface area (Å²) in [5.74, 6) is -0.887. The minimum absolute atomic E-state index is 0.0152. The Morgan fingerprint density at radius 3 is 2.19 bits per heavy atom. The minimum Gasteiger partial charge on any atom is -0.294 e. The number of hydrogen-bond donors (Lipinski definition) is 4. The molecule has 0 radical (unpaired) electrons. The second-order valence-corrected chi connectivity index (χ2v) is 10.1. The Morgan fingerprint density at radius 2 is 1.69 bits per heavy atom. The molecular weight excluding hydrogens is 438 g/mol. The van der Waals surface area contributed by atoms with E-state index in [0.29, 0.717) is 6.07 Å². The Hall–Kier alpha value is -0.980. The maximum absolute atomic E-state index is 12.1. The molecule has 16 heteroatoms. The van der Waals surface area contributed by atoms with Crippen molar-refractivity contribution in [1.29, 1.82) is 0 Å². The van der Waals surface area contributed by atoms with Crippen molar-refractivity contribution in [3.05, 3.63) is 23.8 Å². The molecule has 0 fully saturated rings. The lowest BCUT2D eigenvalue weighted by Gasteiger charge is -2.10. The van der Waals surface area contributed by atoms with Crippen LogP contribution in [0.5, 0.6) is 0 Å². The molecule has 0 saturated heterocycles. The quantitative estimate of drug-likeness (QED) is 0.245. The van der Waals surface area contributed by atoms with Crippen LogP contribution in [0.2, 0.25) is 0 Å². The van der Waals surface area contributed by atoms with Gasteiger partial charge in [-0.25, -0.2) is 21.5 Å². The van der Waals surface area contributed by atoms with Crippen molar-refractivity contribution in [2.24, 2.45) is 0 Å². The van der Waals surface area contributed by atoms with Gasteiger partial charge in [-0.3, -0.25) is 13.7 Å². The van der Waals surface area contributed by atoms with E-state index in [2.05, 4.69) is 8.91 Å². The van der Waals surface area contributed by atoms with E-state index in [1.807, 2.05) is 0 Å². The SMILES string of the molecule is O=S(O)NCCc1ccc(S(=O)(=O)CCOS(=O)(=O)O)cc1S(=O)(=O)O. The predicted octanol–water partition coefficient (Wildman–Crippen LogP) is -1.20. The van der Waals surface area contributed by atoms with Crippen LogP contribution in [-0.2, 0) is 52.2 Å². The minimum atomic E-state index is -4.84. The molecule has 0 bridgehead atoms. The van der Waals surface area contributed by atoms with E-state index >= 15 is 0 Å². The molecule has 0 spiro atoms. The van der Waals surface area contributed by atoms with E-state index in [1.165, 1.54) is 0 Å². The second-order valence-electron chi connectivity index (χ2n) is 4.71. The van der Waals surface area contributed by atoms with Crippen molar-refractivity contribution in [3.8, 4) is 0 Å². The van der Waals surface area contributed by atoms with Crippen LogP contribution in [0.4, 0.5) is 0 Å². The van der Waals surface area contributed by atoms with Gasteiger partial charge >= 0.3 is 10.4 Å². The molecule has 0 aliphatic rings. The number of rotatable bonds is 10. The Balaban J connectivity index is 3.12. The molecule has 0 aliphatic heterocycles. The van der Waals surface area contributed by atoms with E-state index in [-0.39, 0.29) is 18.5 Å². The Labute approximate surface area is 152 Å². The van der Waals surface area contributed by atoms with Crippen LogP contribution in [0.25, 0.3) is 0 Å². The zero-order valence-electron chi connectivity index (χ0n) is 12.8. The van der Waals surface area contributed by atoms with Gasteiger partial charge in [0.05, 0.1) is 22.2 Å². The van der Waals surface area contributed by atoms with E-state index < -0.39 is 63.8 Å². The normalized spacial score (nSPS) is 14.3. The van der Waals surface area contributed by atoms with Crippen LogP contribution in [0.1, 0.15) is 5.56 Å². The summed E-state index contributed by atoms with van der Waals surface area (Å²) >= 11 is -2.34. The van der Waals surface area contributed by atoms with E-state index in [1.54, 1.807) is 0 Å². The summed E-state index contributed by atoms with van der Waals surface area (Å²) in [6.45, 7) is -1.05. The lowest BCUT2D eigenvalue weighted by molar-refractivity contribution is 0.284. The Bertz CT molecular complexity index is 982. The van der Waals surface area contributed by atoms with Gasteiger partial charge in [0.2, 0.25) is 11.3 Å². The van der Waals surface area contributed by atoms with E-state index in [9.17, 15) is 34.0 Å². The van der Waals surface area contributed by atoms with Crippen molar-refractivity contribution in [2.45, 2.75) is 16.2 Å². The highest BCUT2D eigenvalue weighted by atomic mass is 32.3. The summed E-state index contributed by atoms with van der Waals surface area (Å²) in [4.78, 5) is -1.26. The maximum Gasteiger partial charge on any atom is 0.397 e. The van der Waals surface area contributed by atoms with Gasteiger partial charge in [-0.2, -0.15) is 16.8 Å². The molecule has 1 rings (SSSR count). The van der Waals surface area contributed by atoms with Crippen molar-refractivity contribution in [3.63, 3.8) is 0 Å². The fourth-order valence-corrected chi connectivity index (χ4v) is 4.45. The molecule has 0 aliphatic carbocycles. The average molecular weight is 453 g/mol. The number of nitrogens with one attached hydrogen (secondary N) is 1. The summed E-state index contributed by atoms with van der Waals surface area (Å²) < 4.78 is 111. The summed E-state index contributed by atoms with van der Waals surface area (Å²) in [6, 6.07) is 2.77. The third-order valence-corrected chi connectivity index (χ3v) is 6.41. The second kappa shape index (κ2) is 8.81. The molecule has 0 amide bonds. The number of hydrogen-bond acceptors (Lipinski definition) is 8. The highest BCUT2D eigenvalue weighted by Crippen LogP contribution is 2.22. The predicted molar refractivity (Wildman–Crippen MR) is 88.3 cm³/mol. The molecule has 26 heavy (non-hydrogen) atoms. The molecule has 12 nitrogen and oxygen atoms in total. The molecule has 4 N–H and O–H groups in total. The summed E-state index contributed by atoms with van der Waals surface area (Å²) in [7, 11) is -13.8. The van der Waals surface area contributed by atoms with Gasteiger partial charge in [-0.15, -0.1) is 0 Å². The molecule has 1 unspecified atom stereocenters. The van der Waals surface area contributed by atoms with E-state index in [0.717, 1.165) is 12.1 Å². The van der Waals surface area contributed by atoms with Gasteiger partial charge in [0, 0.05) is 6.54 Å². The molecular formula is C10H15NO11S4. The standard InChI is InChI=1S/C10H15NO11S4/c12-23(13)11-4-3-8-1-2-9(7-10(8)25(16,17)18)24(14,15)6-5-22-26(19,20)21/h1-2,7,11H,3-6H2,(H,12,13)(H,16,17,18)(H,19,20,21). The largest absolute Gasteiger partial charge is 0.397 e. The lowest BCUT2D eigenvalue weighted by atomic mass is 10.1. The summed E-state index contributed by atoms with van der Waals surface area (Å²) in [5.41, 5.74) is -0.0152. The van der Waals surface area contributed by atoms with Crippen molar-refractivity contribution in [2.75, 3.05) is 18.9 Å². The topological polar surface area (TPSA) is 201 Å². The zero-order chi connectivity index (χ0) is 20.2. The van der Waals surface area contributed by atoms with Gasteiger partial charge in [0.15, 0.2) is 9.84 Å². The first kappa shape index (κ1) is 23.1. The third-order valence-electron chi connectivity index (χ3n) is 2.88. The number of sulfone groups is 1.